The highest BCUT2D eigenvalue weighted by Gasteiger charge is 2.16. The summed E-state index contributed by atoms with van der Waals surface area (Å²) in [6.07, 6.45) is 1.36. The third-order valence-electron chi connectivity index (χ3n) is 4.75. The number of rotatable bonds is 13. The minimum absolute atomic E-state index is 0. The number of carbonyl (C=O) groups is 2. The van der Waals surface area contributed by atoms with Crippen molar-refractivity contribution in [2.45, 2.75) is 53.8 Å². The maximum Gasteiger partial charge on any atom is 0.336 e. The zero-order chi connectivity index (χ0) is 22.6. The summed E-state index contributed by atoms with van der Waals surface area (Å²) in [7, 11) is 0. The molecule has 2 aromatic carbocycles. The normalized spacial score (nSPS) is 11.8. The van der Waals surface area contributed by atoms with E-state index >= 15 is 0 Å². The van der Waals surface area contributed by atoms with Crippen molar-refractivity contribution in [1.82, 2.24) is 0 Å². The molecule has 0 aromatic heterocycles. The molecule has 0 aliphatic heterocycles. The third-order valence-corrected chi connectivity index (χ3v) is 4.75. The lowest BCUT2D eigenvalue weighted by Crippen LogP contribution is -2.29. The number of aromatic carboxylic acids is 1. The van der Waals surface area contributed by atoms with Crippen LogP contribution in [-0.4, -0.2) is 36.4 Å². The smallest absolute Gasteiger partial charge is 0.336 e. The zero-order valence-electron chi connectivity index (χ0n) is 17.8. The molecule has 0 aliphatic rings. The number of carbonyl (C=O) groups excluding carboxylic acids is 1. The highest BCUT2D eigenvalue weighted by Crippen LogP contribution is 2.21. The molecule has 33 heavy (non-hydrogen) atoms. The average Bonchev–Trinajstić information content (AvgIpc) is 2.79. The van der Waals surface area contributed by atoms with Gasteiger partial charge in [-0.05, 0) is 41.7 Å². The van der Waals surface area contributed by atoms with Crippen LogP contribution in [-0.2, 0) is 25.9 Å². The van der Waals surface area contributed by atoms with E-state index in [4.69, 9.17) is 19.2 Å². The highest BCUT2D eigenvalue weighted by atomic mass is 17.2. The summed E-state index contributed by atoms with van der Waals surface area (Å²) in [5, 5.41) is 9.20. The fraction of sp³-hybridized carbons (Fsp3) is 0.385. The monoisotopic (exact) mass is 460 g/mol. The minimum Gasteiger partial charge on any atom is -0.490 e. The largest absolute Gasteiger partial charge is 0.490 e. The van der Waals surface area contributed by atoms with E-state index in [0.717, 1.165) is 12.5 Å². The van der Waals surface area contributed by atoms with Gasteiger partial charge in [-0.2, -0.15) is 0 Å². The minimum atomic E-state index is -1.05. The molecular weight excluding hydrogens is 424 g/mol. The molecule has 0 radical (unpaired) electrons. The first-order chi connectivity index (χ1) is 14.9. The number of carboxylic acid groups (broad SMARTS) is 1. The van der Waals surface area contributed by atoms with E-state index in [-0.39, 0.29) is 40.2 Å². The number of esters is 1. The van der Waals surface area contributed by atoms with E-state index in [9.17, 15) is 14.7 Å². The predicted octanol–water partition coefficient (Wildman–Crippen LogP) is 5.80. The predicted molar refractivity (Wildman–Crippen MR) is 128 cm³/mol. The highest BCUT2D eigenvalue weighted by molar-refractivity contribution is 5.89. The van der Waals surface area contributed by atoms with Crippen LogP contribution in [0.2, 0.25) is 0 Å². The summed E-state index contributed by atoms with van der Waals surface area (Å²) in [5.41, 5.74) is 1.82. The lowest BCUT2D eigenvalue weighted by atomic mass is 9.99. The maximum absolute atomic E-state index is 11.6. The van der Waals surface area contributed by atoms with Crippen LogP contribution in [0, 0.1) is 0 Å². The maximum atomic E-state index is 11.6. The van der Waals surface area contributed by atoms with Crippen LogP contribution >= 0.6 is 0 Å². The molecule has 2 unspecified atom stereocenters. The third kappa shape index (κ3) is 9.89. The summed E-state index contributed by atoms with van der Waals surface area (Å²) in [6.45, 7) is 7.57. The molecule has 1 N–H and O–H groups in total. The molecule has 7 heteroatoms. The lowest BCUT2D eigenvalue weighted by Gasteiger charge is -2.18. The van der Waals surface area contributed by atoms with Gasteiger partial charge in [-0.3, -0.25) is 0 Å². The summed E-state index contributed by atoms with van der Waals surface area (Å²) >= 11 is 0. The molecule has 0 fully saturated rings. The summed E-state index contributed by atoms with van der Waals surface area (Å²) < 4.78 is 11.0. The molecule has 2 atom stereocenters. The number of carboxylic acids is 1. The zero-order valence-corrected chi connectivity index (χ0v) is 17.8. The van der Waals surface area contributed by atoms with Gasteiger partial charge in [-0.25, -0.2) is 19.4 Å². The van der Waals surface area contributed by atoms with Crippen molar-refractivity contribution < 1.29 is 33.9 Å². The first-order valence-electron chi connectivity index (χ1n) is 10.1. The summed E-state index contributed by atoms with van der Waals surface area (Å²) in [5.74, 6) is -0.555. The van der Waals surface area contributed by atoms with E-state index in [1.54, 1.807) is 18.2 Å². The quantitative estimate of drug-likeness (QED) is 0.133. The standard InChI is InChI=1S/C24H28O7.2CH4/c1-4-17(3)18-10-12-20(13-11-18)28-15-21(31-23(25)5-2)16-30-29-14-19-8-6-7-9-22(19)24(26)27;;/h5-13,17,21H,2,4,14-16H2,1,3H3,(H,26,27);2*1H4. The molecule has 0 saturated heterocycles. The van der Waals surface area contributed by atoms with Crippen molar-refractivity contribution in [1.29, 1.82) is 0 Å². The molecule has 182 valence electrons. The van der Waals surface area contributed by atoms with Gasteiger partial charge in [0.2, 0.25) is 0 Å². The van der Waals surface area contributed by atoms with Gasteiger partial charge >= 0.3 is 11.9 Å². The Morgan fingerprint density at radius 3 is 2.30 bits per heavy atom. The Bertz CT molecular complexity index is 861. The van der Waals surface area contributed by atoms with Gasteiger partial charge in [-0.1, -0.05) is 65.6 Å². The van der Waals surface area contributed by atoms with Crippen molar-refractivity contribution in [2.24, 2.45) is 0 Å². The Kier molecular flexibility index (Phi) is 14.1. The van der Waals surface area contributed by atoms with Gasteiger partial charge in [0.25, 0.3) is 0 Å². The van der Waals surface area contributed by atoms with Gasteiger partial charge in [0.05, 0.1) is 5.56 Å². The van der Waals surface area contributed by atoms with E-state index in [0.29, 0.717) is 17.2 Å². The second kappa shape index (κ2) is 15.6. The van der Waals surface area contributed by atoms with Crippen molar-refractivity contribution in [3.63, 3.8) is 0 Å². The van der Waals surface area contributed by atoms with Crippen LogP contribution in [0.5, 0.6) is 5.75 Å². The Labute approximate surface area is 196 Å². The van der Waals surface area contributed by atoms with E-state index < -0.39 is 18.0 Å². The van der Waals surface area contributed by atoms with Crippen LogP contribution in [0.4, 0.5) is 0 Å². The van der Waals surface area contributed by atoms with Gasteiger partial charge in [0.1, 0.15) is 25.6 Å². The second-order valence-electron chi connectivity index (χ2n) is 6.96. The van der Waals surface area contributed by atoms with Gasteiger partial charge < -0.3 is 14.6 Å². The number of ether oxygens (including phenoxy) is 2. The molecule has 0 saturated carbocycles. The fourth-order valence-electron chi connectivity index (χ4n) is 2.73. The van der Waals surface area contributed by atoms with Crippen LogP contribution in [0.3, 0.4) is 0 Å². The van der Waals surface area contributed by atoms with E-state index in [1.807, 2.05) is 24.3 Å². The SMILES string of the molecule is C.C.C=CC(=O)OC(COOCc1ccccc1C(=O)O)COc1ccc(C(C)CC)cc1. The van der Waals surface area contributed by atoms with Crippen LogP contribution in [0.15, 0.2) is 61.2 Å². The van der Waals surface area contributed by atoms with E-state index in [1.165, 1.54) is 11.6 Å². The number of hydrogen-bond acceptors (Lipinski definition) is 6. The molecular formula is C26H36O7. The number of hydrogen-bond donors (Lipinski definition) is 1. The van der Waals surface area contributed by atoms with Crippen molar-refractivity contribution in [3.8, 4) is 5.75 Å². The van der Waals surface area contributed by atoms with Gasteiger partial charge in [0.15, 0.2) is 6.10 Å². The van der Waals surface area contributed by atoms with E-state index in [2.05, 4.69) is 20.4 Å². The van der Waals surface area contributed by atoms with Crippen LogP contribution in [0.25, 0.3) is 0 Å². The Hall–Kier alpha value is -3.16. The fourth-order valence-corrected chi connectivity index (χ4v) is 2.73. The molecule has 0 heterocycles. The molecule has 0 bridgehead atoms. The van der Waals surface area contributed by atoms with Crippen LogP contribution < -0.4 is 4.74 Å². The number of benzene rings is 2. The molecule has 0 amide bonds. The first-order valence-corrected chi connectivity index (χ1v) is 10.1. The lowest BCUT2D eigenvalue weighted by molar-refractivity contribution is -0.315. The Balaban J connectivity index is 0.00000512. The van der Waals surface area contributed by atoms with Crippen molar-refractivity contribution in [3.05, 3.63) is 77.9 Å². The van der Waals surface area contributed by atoms with Gasteiger partial charge in [0, 0.05) is 6.08 Å². The van der Waals surface area contributed by atoms with Gasteiger partial charge in [-0.15, -0.1) is 0 Å². The summed E-state index contributed by atoms with van der Waals surface area (Å²) in [6, 6.07) is 14.2. The molecule has 0 aliphatic carbocycles. The Morgan fingerprint density at radius 2 is 1.70 bits per heavy atom. The van der Waals surface area contributed by atoms with Crippen molar-refractivity contribution in [2.75, 3.05) is 13.2 Å². The van der Waals surface area contributed by atoms with Crippen LogP contribution in [0.1, 0.15) is 62.5 Å². The first kappa shape index (κ1) is 29.8. The molecule has 7 nitrogen and oxygen atoms in total. The average molecular weight is 461 g/mol. The molecule has 2 rings (SSSR count). The topological polar surface area (TPSA) is 91.3 Å². The molecule has 0 spiro atoms. The Morgan fingerprint density at radius 1 is 1.03 bits per heavy atom. The summed E-state index contributed by atoms with van der Waals surface area (Å²) in [4.78, 5) is 33.1. The van der Waals surface area contributed by atoms with Crippen molar-refractivity contribution >= 4 is 11.9 Å². The second-order valence-corrected chi connectivity index (χ2v) is 6.96. The molecule has 2 aromatic rings.